The fourth-order valence-electron chi connectivity index (χ4n) is 2.57. The van der Waals surface area contributed by atoms with Crippen LogP contribution < -0.4 is 10.6 Å². The van der Waals surface area contributed by atoms with Crippen molar-refractivity contribution in [1.82, 2.24) is 4.57 Å². The molecule has 0 saturated heterocycles. The standard InChI is InChI=1S/C16H23N3O2/c1-12-9-15(17)14(13-3-4-18(2)11-13)10-16(12)19(5-7-20)6-8-21/h3-4,9-11,20-21H,5-8,17H2,1-2H3. The number of hydrogen-bond donors (Lipinski definition) is 3. The van der Waals surface area contributed by atoms with Crippen LogP contribution in [0.4, 0.5) is 11.4 Å². The van der Waals surface area contributed by atoms with Gasteiger partial charge in [0.2, 0.25) is 0 Å². The first kappa shape index (κ1) is 15.4. The number of aliphatic hydroxyl groups excluding tert-OH is 2. The highest BCUT2D eigenvalue weighted by atomic mass is 16.3. The number of hydrogen-bond acceptors (Lipinski definition) is 4. The smallest absolute Gasteiger partial charge is 0.0606 e. The first-order chi connectivity index (χ1) is 10.1. The zero-order valence-corrected chi connectivity index (χ0v) is 12.6. The summed E-state index contributed by atoms with van der Waals surface area (Å²) >= 11 is 0. The number of anilines is 2. The summed E-state index contributed by atoms with van der Waals surface area (Å²) in [6.45, 7) is 3.05. The molecule has 5 nitrogen and oxygen atoms in total. The fourth-order valence-corrected chi connectivity index (χ4v) is 2.57. The van der Waals surface area contributed by atoms with Crippen molar-refractivity contribution in [3.63, 3.8) is 0 Å². The van der Waals surface area contributed by atoms with Crippen LogP contribution in [0.3, 0.4) is 0 Å². The highest BCUT2D eigenvalue weighted by Gasteiger charge is 2.13. The lowest BCUT2D eigenvalue weighted by atomic mass is 10.0. The molecule has 0 atom stereocenters. The Bertz CT molecular complexity index is 602. The Balaban J connectivity index is 2.46. The first-order valence-corrected chi connectivity index (χ1v) is 7.06. The van der Waals surface area contributed by atoms with Gasteiger partial charge in [0.25, 0.3) is 0 Å². The molecule has 114 valence electrons. The van der Waals surface area contributed by atoms with Gasteiger partial charge in [-0.15, -0.1) is 0 Å². The van der Waals surface area contributed by atoms with Crippen LogP contribution in [0.25, 0.3) is 11.1 Å². The van der Waals surface area contributed by atoms with Gasteiger partial charge >= 0.3 is 0 Å². The van der Waals surface area contributed by atoms with Crippen molar-refractivity contribution in [2.75, 3.05) is 36.9 Å². The van der Waals surface area contributed by atoms with Gasteiger partial charge in [0.15, 0.2) is 0 Å². The molecule has 1 aromatic heterocycles. The topological polar surface area (TPSA) is 74.7 Å². The monoisotopic (exact) mass is 289 g/mol. The minimum atomic E-state index is 0.0461. The summed E-state index contributed by atoms with van der Waals surface area (Å²) in [6, 6.07) is 6.00. The molecule has 0 spiro atoms. The van der Waals surface area contributed by atoms with Gasteiger partial charge in [0, 0.05) is 55.0 Å². The van der Waals surface area contributed by atoms with E-state index in [0.29, 0.717) is 13.1 Å². The van der Waals surface area contributed by atoms with Crippen LogP contribution in [0.5, 0.6) is 0 Å². The lowest BCUT2D eigenvalue weighted by Crippen LogP contribution is -2.30. The summed E-state index contributed by atoms with van der Waals surface area (Å²) < 4.78 is 1.98. The Hall–Kier alpha value is -1.98. The minimum absolute atomic E-state index is 0.0461. The van der Waals surface area contributed by atoms with E-state index < -0.39 is 0 Å². The lowest BCUT2D eigenvalue weighted by Gasteiger charge is -2.26. The van der Waals surface area contributed by atoms with Crippen LogP contribution in [0.2, 0.25) is 0 Å². The van der Waals surface area contributed by atoms with E-state index in [2.05, 4.69) is 0 Å². The summed E-state index contributed by atoms with van der Waals surface area (Å²) in [5.41, 5.74) is 10.9. The van der Waals surface area contributed by atoms with Crippen molar-refractivity contribution in [3.8, 4) is 11.1 Å². The molecular formula is C16H23N3O2. The van der Waals surface area contributed by atoms with E-state index in [0.717, 1.165) is 28.1 Å². The van der Waals surface area contributed by atoms with Crippen LogP contribution >= 0.6 is 0 Å². The molecule has 0 aliphatic heterocycles. The van der Waals surface area contributed by atoms with Gasteiger partial charge in [0.05, 0.1) is 13.2 Å². The van der Waals surface area contributed by atoms with Crippen LogP contribution in [0, 0.1) is 6.92 Å². The second-order valence-electron chi connectivity index (χ2n) is 5.23. The fraction of sp³-hybridized carbons (Fsp3) is 0.375. The highest BCUT2D eigenvalue weighted by molar-refractivity contribution is 5.81. The minimum Gasteiger partial charge on any atom is -0.398 e. The number of nitrogens with two attached hydrogens (primary N) is 1. The average molecular weight is 289 g/mol. The molecule has 0 aliphatic carbocycles. The van der Waals surface area contributed by atoms with Gasteiger partial charge in [-0.2, -0.15) is 0 Å². The van der Waals surface area contributed by atoms with Crippen molar-refractivity contribution in [3.05, 3.63) is 36.2 Å². The van der Waals surface area contributed by atoms with Crippen molar-refractivity contribution in [2.45, 2.75) is 6.92 Å². The third-order valence-electron chi connectivity index (χ3n) is 3.59. The van der Waals surface area contributed by atoms with Gasteiger partial charge in [-0.3, -0.25) is 0 Å². The predicted octanol–water partition coefficient (Wildman–Crippen LogP) is 1.37. The van der Waals surface area contributed by atoms with E-state index in [1.165, 1.54) is 0 Å². The molecule has 2 aromatic rings. The van der Waals surface area contributed by atoms with Crippen LogP contribution in [-0.2, 0) is 7.05 Å². The molecule has 0 bridgehead atoms. The van der Waals surface area contributed by atoms with Gasteiger partial charge in [0.1, 0.15) is 0 Å². The van der Waals surface area contributed by atoms with Crippen molar-refractivity contribution in [2.24, 2.45) is 7.05 Å². The highest BCUT2D eigenvalue weighted by Crippen LogP contribution is 2.33. The Morgan fingerprint density at radius 1 is 1.19 bits per heavy atom. The van der Waals surface area contributed by atoms with E-state index in [-0.39, 0.29) is 13.2 Å². The Morgan fingerprint density at radius 2 is 1.86 bits per heavy atom. The molecule has 4 N–H and O–H groups in total. The number of aromatic nitrogens is 1. The number of rotatable bonds is 6. The molecule has 0 saturated carbocycles. The van der Waals surface area contributed by atoms with E-state index >= 15 is 0 Å². The van der Waals surface area contributed by atoms with E-state index in [1.807, 2.05) is 54.0 Å². The lowest BCUT2D eigenvalue weighted by molar-refractivity contribution is 0.281. The van der Waals surface area contributed by atoms with Crippen molar-refractivity contribution < 1.29 is 10.2 Å². The second-order valence-corrected chi connectivity index (χ2v) is 5.23. The maximum absolute atomic E-state index is 9.21. The predicted molar refractivity (Wildman–Crippen MR) is 86.4 cm³/mol. The molecule has 0 aliphatic rings. The molecule has 5 heteroatoms. The zero-order chi connectivity index (χ0) is 15.4. The molecule has 2 rings (SSSR count). The quantitative estimate of drug-likeness (QED) is 0.702. The maximum atomic E-state index is 9.21. The summed E-state index contributed by atoms with van der Waals surface area (Å²) in [6.07, 6.45) is 4.00. The number of benzene rings is 1. The van der Waals surface area contributed by atoms with Crippen LogP contribution in [0.15, 0.2) is 30.6 Å². The van der Waals surface area contributed by atoms with E-state index in [9.17, 15) is 10.2 Å². The molecule has 21 heavy (non-hydrogen) atoms. The average Bonchev–Trinajstić information content (AvgIpc) is 2.85. The molecule has 0 radical (unpaired) electrons. The molecular weight excluding hydrogens is 266 g/mol. The maximum Gasteiger partial charge on any atom is 0.0606 e. The Kier molecular flexibility index (Phi) is 4.88. The number of aliphatic hydroxyl groups is 2. The molecule has 1 heterocycles. The van der Waals surface area contributed by atoms with E-state index in [4.69, 9.17) is 5.73 Å². The van der Waals surface area contributed by atoms with Gasteiger partial charge in [-0.05, 0) is 30.7 Å². The SMILES string of the molecule is Cc1cc(N)c(-c2ccn(C)c2)cc1N(CCO)CCO. The first-order valence-electron chi connectivity index (χ1n) is 7.06. The van der Waals surface area contributed by atoms with Crippen LogP contribution in [0.1, 0.15) is 5.56 Å². The molecule has 0 fully saturated rings. The number of aryl methyl sites for hydroxylation is 2. The summed E-state index contributed by atoms with van der Waals surface area (Å²) in [5, 5.41) is 18.4. The summed E-state index contributed by atoms with van der Waals surface area (Å²) in [7, 11) is 1.97. The van der Waals surface area contributed by atoms with Crippen LogP contribution in [-0.4, -0.2) is 41.1 Å². The second kappa shape index (κ2) is 6.65. The molecule has 1 aromatic carbocycles. The molecule has 0 unspecified atom stereocenters. The van der Waals surface area contributed by atoms with Gasteiger partial charge < -0.3 is 25.4 Å². The summed E-state index contributed by atoms with van der Waals surface area (Å²) in [5.74, 6) is 0. The zero-order valence-electron chi connectivity index (χ0n) is 12.6. The van der Waals surface area contributed by atoms with E-state index in [1.54, 1.807) is 0 Å². The van der Waals surface area contributed by atoms with Crippen molar-refractivity contribution >= 4 is 11.4 Å². The normalized spacial score (nSPS) is 10.9. The number of nitrogen functional groups attached to an aromatic ring is 1. The largest absolute Gasteiger partial charge is 0.398 e. The summed E-state index contributed by atoms with van der Waals surface area (Å²) in [4.78, 5) is 1.97. The van der Waals surface area contributed by atoms with Gasteiger partial charge in [-0.1, -0.05) is 0 Å². The molecule has 0 amide bonds. The third-order valence-corrected chi connectivity index (χ3v) is 3.59. The van der Waals surface area contributed by atoms with Crippen molar-refractivity contribution in [1.29, 1.82) is 0 Å². The van der Waals surface area contributed by atoms with Gasteiger partial charge in [-0.25, -0.2) is 0 Å². The Morgan fingerprint density at radius 3 is 2.38 bits per heavy atom. The third kappa shape index (κ3) is 3.37. The number of nitrogens with zero attached hydrogens (tertiary/aromatic N) is 2. The Labute approximate surface area is 125 Å².